The third-order valence-corrected chi connectivity index (χ3v) is 3.25. The van der Waals surface area contributed by atoms with Gasteiger partial charge in [-0.3, -0.25) is 4.90 Å². The zero-order chi connectivity index (χ0) is 14.6. The van der Waals surface area contributed by atoms with Gasteiger partial charge >= 0.3 is 6.18 Å². The Kier molecular flexibility index (Phi) is 5.21. The molecule has 0 saturated carbocycles. The second kappa shape index (κ2) is 6.27. The number of nitriles is 1. The highest BCUT2D eigenvalue weighted by Gasteiger charge is 2.40. The van der Waals surface area contributed by atoms with Crippen LogP contribution in [0.5, 0.6) is 0 Å². The Labute approximate surface area is 115 Å². The Morgan fingerprint density at radius 1 is 1.42 bits per heavy atom. The van der Waals surface area contributed by atoms with Crippen molar-refractivity contribution in [3.8, 4) is 6.07 Å². The van der Waals surface area contributed by atoms with Crippen LogP contribution in [0.1, 0.15) is 18.5 Å². The van der Waals surface area contributed by atoms with Gasteiger partial charge in [0.15, 0.2) is 5.92 Å². The van der Waals surface area contributed by atoms with Gasteiger partial charge in [0.1, 0.15) is 0 Å². The lowest BCUT2D eigenvalue weighted by Crippen LogP contribution is -2.35. The molecule has 0 heterocycles. The fourth-order valence-corrected chi connectivity index (χ4v) is 1.88. The van der Waals surface area contributed by atoms with Gasteiger partial charge in [0.2, 0.25) is 0 Å². The molecule has 1 aromatic rings. The Balaban J connectivity index is 2.78. The van der Waals surface area contributed by atoms with Crippen LogP contribution >= 0.6 is 11.6 Å². The predicted octanol–water partition coefficient (Wildman–Crippen LogP) is 4.03. The Morgan fingerprint density at radius 3 is 2.53 bits per heavy atom. The van der Waals surface area contributed by atoms with Crippen LogP contribution in [-0.2, 0) is 0 Å². The zero-order valence-corrected chi connectivity index (χ0v) is 11.3. The molecular weight excluding hydrogens is 277 g/mol. The summed E-state index contributed by atoms with van der Waals surface area (Å²) in [5.74, 6) is -1.99. The van der Waals surface area contributed by atoms with Gasteiger partial charge in [0.25, 0.3) is 0 Å². The minimum atomic E-state index is -4.50. The highest BCUT2D eigenvalue weighted by Crippen LogP contribution is 2.29. The maximum atomic E-state index is 12.5. The van der Waals surface area contributed by atoms with Gasteiger partial charge in [-0.15, -0.1) is 0 Å². The highest BCUT2D eigenvalue weighted by atomic mass is 35.5. The van der Waals surface area contributed by atoms with Gasteiger partial charge in [-0.25, -0.2) is 0 Å². The average Bonchev–Trinajstić information content (AvgIpc) is 2.33. The monoisotopic (exact) mass is 290 g/mol. The minimum Gasteiger partial charge on any atom is -0.298 e. The molecule has 2 nitrogen and oxygen atoms in total. The third-order valence-electron chi connectivity index (χ3n) is 3.01. The Bertz CT molecular complexity index is 468. The van der Waals surface area contributed by atoms with Gasteiger partial charge < -0.3 is 0 Å². The van der Waals surface area contributed by atoms with Crippen LogP contribution in [0.3, 0.4) is 0 Å². The van der Waals surface area contributed by atoms with E-state index in [4.69, 9.17) is 16.9 Å². The molecule has 0 spiro atoms. The number of hydrogen-bond acceptors (Lipinski definition) is 2. The molecule has 6 heteroatoms. The van der Waals surface area contributed by atoms with Crippen LogP contribution in [-0.4, -0.2) is 24.7 Å². The van der Waals surface area contributed by atoms with E-state index in [1.807, 2.05) is 0 Å². The first-order chi connectivity index (χ1) is 8.75. The average molecular weight is 291 g/mol. The normalized spacial score (nSPS) is 15.1. The molecule has 2 unspecified atom stereocenters. The molecule has 1 rings (SSSR count). The standard InChI is InChI=1S/C13H14ClF3N2/c1-9(10-4-3-5-12(14)6-10)19(2)8-11(7-18)13(15,16)17/h3-6,9,11H,8H2,1-2H3. The quantitative estimate of drug-likeness (QED) is 0.837. The molecule has 0 N–H and O–H groups in total. The molecule has 0 amide bonds. The van der Waals surface area contributed by atoms with E-state index in [1.54, 1.807) is 38.2 Å². The maximum absolute atomic E-state index is 12.5. The molecule has 0 aromatic heterocycles. The lowest BCUT2D eigenvalue weighted by molar-refractivity contribution is -0.163. The number of hydrogen-bond donors (Lipinski definition) is 0. The first-order valence-corrected chi connectivity index (χ1v) is 6.05. The van der Waals surface area contributed by atoms with Crippen molar-refractivity contribution in [3.05, 3.63) is 34.9 Å². The van der Waals surface area contributed by atoms with Gasteiger partial charge in [0, 0.05) is 17.6 Å². The van der Waals surface area contributed by atoms with Crippen molar-refractivity contribution < 1.29 is 13.2 Å². The number of rotatable bonds is 4. The van der Waals surface area contributed by atoms with Crippen LogP contribution in [0.4, 0.5) is 13.2 Å². The van der Waals surface area contributed by atoms with E-state index in [9.17, 15) is 13.2 Å². The summed E-state index contributed by atoms with van der Waals surface area (Å²) in [6.07, 6.45) is -4.50. The maximum Gasteiger partial charge on any atom is 0.405 e. The lowest BCUT2D eigenvalue weighted by atomic mass is 10.1. The molecule has 2 atom stereocenters. The highest BCUT2D eigenvalue weighted by molar-refractivity contribution is 6.30. The number of benzene rings is 1. The number of nitrogens with zero attached hydrogens (tertiary/aromatic N) is 2. The Morgan fingerprint density at radius 2 is 2.05 bits per heavy atom. The first-order valence-electron chi connectivity index (χ1n) is 5.67. The fraction of sp³-hybridized carbons (Fsp3) is 0.462. The van der Waals surface area contributed by atoms with Crippen molar-refractivity contribution in [1.29, 1.82) is 5.26 Å². The van der Waals surface area contributed by atoms with Gasteiger partial charge in [0.05, 0.1) is 6.07 Å². The Hall–Kier alpha value is -1.25. The predicted molar refractivity (Wildman–Crippen MR) is 67.7 cm³/mol. The van der Waals surface area contributed by atoms with Crippen molar-refractivity contribution in [2.24, 2.45) is 5.92 Å². The summed E-state index contributed by atoms with van der Waals surface area (Å²) in [4.78, 5) is 1.49. The van der Waals surface area contributed by atoms with E-state index in [0.29, 0.717) is 5.02 Å². The molecular formula is C13H14ClF3N2. The second-order valence-corrected chi connectivity index (χ2v) is 4.83. The molecule has 0 aliphatic carbocycles. The van der Waals surface area contributed by atoms with Crippen molar-refractivity contribution in [2.45, 2.75) is 19.1 Å². The fourth-order valence-electron chi connectivity index (χ4n) is 1.68. The molecule has 0 bridgehead atoms. The summed E-state index contributed by atoms with van der Waals surface area (Å²) in [7, 11) is 1.56. The van der Waals surface area contributed by atoms with Gasteiger partial charge in [-0.1, -0.05) is 23.7 Å². The van der Waals surface area contributed by atoms with Crippen LogP contribution in [0, 0.1) is 17.2 Å². The van der Waals surface area contributed by atoms with Crippen LogP contribution in [0.25, 0.3) is 0 Å². The van der Waals surface area contributed by atoms with E-state index in [2.05, 4.69) is 0 Å². The molecule has 0 aliphatic rings. The first kappa shape index (κ1) is 15.8. The molecule has 0 fully saturated rings. The topological polar surface area (TPSA) is 27.0 Å². The summed E-state index contributed by atoms with van der Waals surface area (Å²) in [6, 6.07) is 7.99. The largest absolute Gasteiger partial charge is 0.405 e. The zero-order valence-electron chi connectivity index (χ0n) is 10.6. The van der Waals surface area contributed by atoms with E-state index in [1.165, 1.54) is 11.0 Å². The van der Waals surface area contributed by atoms with Gasteiger partial charge in [-0.2, -0.15) is 18.4 Å². The van der Waals surface area contributed by atoms with Crippen molar-refractivity contribution in [2.75, 3.05) is 13.6 Å². The van der Waals surface area contributed by atoms with Crippen molar-refractivity contribution in [3.63, 3.8) is 0 Å². The summed E-state index contributed by atoms with van der Waals surface area (Å²) in [5, 5.41) is 9.12. The van der Waals surface area contributed by atoms with E-state index in [0.717, 1.165) is 5.56 Å². The molecule has 0 aliphatic heterocycles. The summed E-state index contributed by atoms with van der Waals surface area (Å²) in [5.41, 5.74) is 0.814. The molecule has 19 heavy (non-hydrogen) atoms. The van der Waals surface area contributed by atoms with Crippen LogP contribution < -0.4 is 0 Å². The lowest BCUT2D eigenvalue weighted by Gasteiger charge is -2.27. The van der Waals surface area contributed by atoms with Crippen LogP contribution in [0.15, 0.2) is 24.3 Å². The summed E-state index contributed by atoms with van der Waals surface area (Å²) in [6.45, 7) is 1.41. The van der Waals surface area contributed by atoms with Gasteiger partial charge in [-0.05, 0) is 31.7 Å². The van der Waals surface area contributed by atoms with Crippen molar-refractivity contribution in [1.82, 2.24) is 4.90 Å². The SMILES string of the molecule is CC(c1cccc(Cl)c1)N(C)CC(C#N)C(F)(F)F. The summed E-state index contributed by atoms with van der Waals surface area (Å²) < 4.78 is 37.6. The number of alkyl halides is 3. The van der Waals surface area contributed by atoms with Crippen molar-refractivity contribution >= 4 is 11.6 Å². The molecule has 1 aromatic carbocycles. The molecule has 0 radical (unpaired) electrons. The smallest absolute Gasteiger partial charge is 0.298 e. The summed E-state index contributed by atoms with van der Waals surface area (Å²) >= 11 is 5.85. The second-order valence-electron chi connectivity index (χ2n) is 4.39. The molecule has 0 saturated heterocycles. The minimum absolute atomic E-state index is 0.253. The third kappa shape index (κ3) is 4.41. The number of halogens is 4. The molecule has 104 valence electrons. The van der Waals surface area contributed by atoms with E-state index in [-0.39, 0.29) is 12.6 Å². The van der Waals surface area contributed by atoms with E-state index >= 15 is 0 Å². The van der Waals surface area contributed by atoms with E-state index < -0.39 is 12.1 Å². The van der Waals surface area contributed by atoms with Crippen LogP contribution in [0.2, 0.25) is 5.02 Å².